The fourth-order valence-electron chi connectivity index (χ4n) is 1.91. The lowest BCUT2D eigenvalue weighted by atomic mass is 10.2. The van der Waals surface area contributed by atoms with Crippen LogP contribution in [0.4, 0.5) is 5.69 Å². The summed E-state index contributed by atoms with van der Waals surface area (Å²) in [5.41, 5.74) is 8.37. The molecule has 0 fully saturated rings. The summed E-state index contributed by atoms with van der Waals surface area (Å²) in [4.78, 5) is 0.0529. The van der Waals surface area contributed by atoms with Gasteiger partial charge in [0.15, 0.2) is 0 Å². The molecule has 21 heavy (non-hydrogen) atoms. The Morgan fingerprint density at radius 1 is 1.38 bits per heavy atom. The van der Waals surface area contributed by atoms with Crippen LogP contribution in [-0.2, 0) is 23.6 Å². The smallest absolute Gasteiger partial charge is 0.240 e. The Morgan fingerprint density at radius 3 is 2.57 bits per heavy atom. The van der Waals surface area contributed by atoms with E-state index in [2.05, 4.69) is 9.82 Å². The molecule has 0 spiro atoms. The van der Waals surface area contributed by atoms with Gasteiger partial charge in [0.1, 0.15) is 0 Å². The van der Waals surface area contributed by atoms with Crippen molar-refractivity contribution in [1.82, 2.24) is 14.5 Å². The van der Waals surface area contributed by atoms with Crippen LogP contribution >= 0.6 is 11.6 Å². The van der Waals surface area contributed by atoms with Crippen LogP contribution in [0.15, 0.2) is 23.2 Å². The number of nitrogen functional groups attached to an aromatic ring is 1. The summed E-state index contributed by atoms with van der Waals surface area (Å²) in [6, 6.07) is 2.80. The summed E-state index contributed by atoms with van der Waals surface area (Å²) < 4.78 is 28.7. The number of halogens is 1. The number of nitrogens with one attached hydrogen (secondary N) is 1. The third-order valence-electron chi connectivity index (χ3n) is 3.24. The molecule has 6 nitrogen and oxygen atoms in total. The lowest BCUT2D eigenvalue weighted by molar-refractivity contribution is 0.581. The maximum absolute atomic E-state index is 12.3. The van der Waals surface area contributed by atoms with Gasteiger partial charge in [-0.15, -0.1) is 0 Å². The standard InChI is InChI=1S/C13H17ClN4O2S/c1-8-12(14)4-11(5-13(8)15)21(19,20)16-6-10-7-18(3)17-9(10)2/h4-5,7,16H,6,15H2,1-3H3. The van der Waals surface area contributed by atoms with Crippen molar-refractivity contribution in [2.75, 3.05) is 5.73 Å². The largest absolute Gasteiger partial charge is 0.398 e. The molecular formula is C13H17ClN4O2S. The molecule has 3 N–H and O–H groups in total. The summed E-state index contributed by atoms with van der Waals surface area (Å²) >= 11 is 5.99. The number of nitrogens with two attached hydrogens (primary N) is 1. The Morgan fingerprint density at radius 2 is 2.05 bits per heavy atom. The Hall–Kier alpha value is -1.57. The van der Waals surface area contributed by atoms with Crippen LogP contribution in [0.2, 0.25) is 5.02 Å². The summed E-state index contributed by atoms with van der Waals surface area (Å²) in [7, 11) is -1.90. The third-order valence-corrected chi connectivity index (χ3v) is 5.01. The lowest BCUT2D eigenvalue weighted by Gasteiger charge is -2.09. The zero-order valence-electron chi connectivity index (χ0n) is 12.0. The molecule has 114 valence electrons. The molecule has 8 heteroatoms. The molecule has 2 rings (SSSR count). The first-order valence-electron chi connectivity index (χ1n) is 6.25. The van der Waals surface area contributed by atoms with Gasteiger partial charge in [0.25, 0.3) is 0 Å². The molecule has 0 unspecified atom stereocenters. The minimum Gasteiger partial charge on any atom is -0.398 e. The minimum atomic E-state index is -3.68. The van der Waals surface area contributed by atoms with Crippen LogP contribution in [0.5, 0.6) is 0 Å². The molecular weight excluding hydrogens is 312 g/mol. The molecule has 0 saturated carbocycles. The number of hydrogen-bond acceptors (Lipinski definition) is 4. The minimum absolute atomic E-state index is 0.0529. The first-order valence-corrected chi connectivity index (χ1v) is 8.11. The molecule has 0 atom stereocenters. The molecule has 0 radical (unpaired) electrons. The number of sulfonamides is 1. The van der Waals surface area contributed by atoms with Gasteiger partial charge in [-0.2, -0.15) is 5.10 Å². The maximum atomic E-state index is 12.3. The fraction of sp³-hybridized carbons (Fsp3) is 0.308. The van der Waals surface area contributed by atoms with Crippen molar-refractivity contribution in [3.63, 3.8) is 0 Å². The average Bonchev–Trinajstić information content (AvgIpc) is 2.71. The van der Waals surface area contributed by atoms with E-state index in [9.17, 15) is 8.42 Å². The van der Waals surface area contributed by atoms with Crippen molar-refractivity contribution in [3.8, 4) is 0 Å². The molecule has 0 aliphatic heterocycles. The van der Waals surface area contributed by atoms with Crippen LogP contribution < -0.4 is 10.5 Å². The molecule has 0 amide bonds. The molecule has 2 aromatic rings. The van der Waals surface area contributed by atoms with E-state index in [0.717, 1.165) is 11.3 Å². The van der Waals surface area contributed by atoms with E-state index in [1.54, 1.807) is 24.9 Å². The van der Waals surface area contributed by atoms with E-state index < -0.39 is 10.0 Å². The van der Waals surface area contributed by atoms with Gasteiger partial charge in [-0.25, -0.2) is 13.1 Å². The highest BCUT2D eigenvalue weighted by Gasteiger charge is 2.17. The molecule has 1 aromatic heterocycles. The third kappa shape index (κ3) is 3.37. The number of hydrogen-bond donors (Lipinski definition) is 2. The molecule has 1 aromatic carbocycles. The van der Waals surface area contributed by atoms with Crippen molar-refractivity contribution in [1.29, 1.82) is 0 Å². The number of anilines is 1. The Balaban J connectivity index is 2.25. The number of aryl methyl sites for hydroxylation is 2. The highest BCUT2D eigenvalue weighted by Crippen LogP contribution is 2.26. The van der Waals surface area contributed by atoms with Gasteiger partial charge in [0, 0.05) is 36.1 Å². The number of rotatable bonds is 4. The predicted molar refractivity (Wildman–Crippen MR) is 82.6 cm³/mol. The predicted octanol–water partition coefficient (Wildman–Crippen LogP) is 1.75. The topological polar surface area (TPSA) is 90.0 Å². The van der Waals surface area contributed by atoms with Crippen molar-refractivity contribution in [2.45, 2.75) is 25.3 Å². The summed E-state index contributed by atoms with van der Waals surface area (Å²) in [5.74, 6) is 0. The fourth-order valence-corrected chi connectivity index (χ4v) is 3.27. The first kappa shape index (κ1) is 15.8. The number of aromatic nitrogens is 2. The van der Waals surface area contributed by atoms with Crippen LogP contribution in [-0.4, -0.2) is 18.2 Å². The second kappa shape index (κ2) is 5.67. The van der Waals surface area contributed by atoms with Gasteiger partial charge in [-0.05, 0) is 31.5 Å². The second-order valence-electron chi connectivity index (χ2n) is 4.86. The van der Waals surface area contributed by atoms with Gasteiger partial charge >= 0.3 is 0 Å². The summed E-state index contributed by atoms with van der Waals surface area (Å²) in [6.07, 6.45) is 1.77. The van der Waals surface area contributed by atoms with Crippen LogP contribution in [0, 0.1) is 13.8 Å². The highest BCUT2D eigenvalue weighted by molar-refractivity contribution is 7.89. The van der Waals surface area contributed by atoms with E-state index in [4.69, 9.17) is 17.3 Å². The van der Waals surface area contributed by atoms with E-state index in [0.29, 0.717) is 16.3 Å². The molecule has 0 aliphatic carbocycles. The molecule has 0 aliphatic rings. The van der Waals surface area contributed by atoms with Crippen molar-refractivity contribution in [2.24, 2.45) is 7.05 Å². The van der Waals surface area contributed by atoms with E-state index in [1.165, 1.54) is 12.1 Å². The number of benzene rings is 1. The van der Waals surface area contributed by atoms with E-state index in [1.807, 2.05) is 6.92 Å². The van der Waals surface area contributed by atoms with Gasteiger partial charge in [0.05, 0.1) is 10.6 Å². The van der Waals surface area contributed by atoms with Crippen molar-refractivity contribution in [3.05, 3.63) is 40.2 Å². The number of nitrogens with zero attached hydrogens (tertiary/aromatic N) is 2. The summed E-state index contributed by atoms with van der Waals surface area (Å²) in [5, 5.41) is 4.49. The lowest BCUT2D eigenvalue weighted by Crippen LogP contribution is -2.23. The Bertz CT molecular complexity index is 760. The summed E-state index contributed by atoms with van der Waals surface area (Å²) in [6.45, 7) is 3.72. The molecule has 0 bridgehead atoms. The second-order valence-corrected chi connectivity index (χ2v) is 7.03. The highest BCUT2D eigenvalue weighted by atomic mass is 35.5. The Labute approximate surface area is 129 Å². The van der Waals surface area contributed by atoms with Gasteiger partial charge in [0.2, 0.25) is 10.0 Å². The van der Waals surface area contributed by atoms with Gasteiger partial charge in [-0.1, -0.05) is 11.6 Å². The maximum Gasteiger partial charge on any atom is 0.240 e. The average molecular weight is 329 g/mol. The zero-order chi connectivity index (χ0) is 15.8. The SMILES string of the molecule is Cc1nn(C)cc1CNS(=O)(=O)c1cc(N)c(C)c(Cl)c1. The first-order chi connectivity index (χ1) is 9.70. The Kier molecular flexibility index (Phi) is 4.27. The van der Waals surface area contributed by atoms with E-state index >= 15 is 0 Å². The monoisotopic (exact) mass is 328 g/mol. The quantitative estimate of drug-likeness (QED) is 0.837. The van der Waals surface area contributed by atoms with Crippen molar-refractivity contribution < 1.29 is 8.42 Å². The van der Waals surface area contributed by atoms with Crippen LogP contribution in [0.25, 0.3) is 0 Å². The normalized spacial score (nSPS) is 11.8. The van der Waals surface area contributed by atoms with Gasteiger partial charge in [-0.3, -0.25) is 4.68 Å². The molecule has 0 saturated heterocycles. The van der Waals surface area contributed by atoms with Crippen LogP contribution in [0.3, 0.4) is 0 Å². The van der Waals surface area contributed by atoms with Crippen LogP contribution in [0.1, 0.15) is 16.8 Å². The van der Waals surface area contributed by atoms with Gasteiger partial charge < -0.3 is 5.73 Å². The van der Waals surface area contributed by atoms with Crippen molar-refractivity contribution >= 4 is 27.3 Å². The molecule has 1 heterocycles. The van der Waals surface area contributed by atoms with E-state index in [-0.39, 0.29) is 11.4 Å². The zero-order valence-corrected chi connectivity index (χ0v) is 13.6.